The average Bonchev–Trinajstić information content (AvgIpc) is 2.69. The second kappa shape index (κ2) is 6.72. The number of phenolic OH excluding ortho intramolecular Hbond substituents is 1. The van der Waals surface area contributed by atoms with Gasteiger partial charge in [-0.2, -0.15) is 0 Å². The SMILES string of the molecule is Oc1ccc(-c2ncc(-c3ccc(F)cc3)c(-c3ccncc3)n2)cc1. The molecule has 4 nitrogen and oxygen atoms in total. The summed E-state index contributed by atoms with van der Waals surface area (Å²) in [7, 11) is 0. The zero-order valence-corrected chi connectivity index (χ0v) is 13.7. The first-order chi connectivity index (χ1) is 12.7. The molecule has 0 aliphatic heterocycles. The zero-order valence-electron chi connectivity index (χ0n) is 13.7. The standard InChI is InChI=1S/C21H14FN3O/c22-17-5-1-14(2-6-17)19-13-24-21(16-3-7-18(26)8-4-16)25-20(19)15-9-11-23-12-10-15/h1-13,26H. The summed E-state index contributed by atoms with van der Waals surface area (Å²) in [6, 6.07) is 16.7. The van der Waals surface area contributed by atoms with Crippen molar-refractivity contribution in [3.8, 4) is 39.5 Å². The van der Waals surface area contributed by atoms with Gasteiger partial charge in [0.05, 0.1) is 5.69 Å². The summed E-state index contributed by atoms with van der Waals surface area (Å²) in [4.78, 5) is 13.2. The molecule has 4 aromatic rings. The first-order valence-electron chi connectivity index (χ1n) is 8.03. The van der Waals surface area contributed by atoms with Gasteiger partial charge < -0.3 is 5.11 Å². The van der Waals surface area contributed by atoms with Crippen LogP contribution in [-0.2, 0) is 0 Å². The van der Waals surface area contributed by atoms with Crippen LogP contribution >= 0.6 is 0 Å². The van der Waals surface area contributed by atoms with Gasteiger partial charge in [0.25, 0.3) is 0 Å². The van der Waals surface area contributed by atoms with Crippen molar-refractivity contribution in [2.45, 2.75) is 0 Å². The Hall–Kier alpha value is -3.60. The molecule has 0 bridgehead atoms. The summed E-state index contributed by atoms with van der Waals surface area (Å²) in [6.45, 7) is 0. The maximum atomic E-state index is 13.3. The predicted octanol–water partition coefficient (Wildman–Crippen LogP) is 4.72. The molecule has 4 rings (SSSR count). The van der Waals surface area contributed by atoms with E-state index in [-0.39, 0.29) is 11.6 Å². The van der Waals surface area contributed by atoms with Gasteiger partial charge in [-0.1, -0.05) is 12.1 Å². The van der Waals surface area contributed by atoms with Gasteiger partial charge in [0.1, 0.15) is 11.6 Å². The summed E-state index contributed by atoms with van der Waals surface area (Å²) in [6.07, 6.45) is 5.14. The molecule has 0 aliphatic carbocycles. The van der Waals surface area contributed by atoms with E-state index in [1.54, 1.807) is 55.0 Å². The third-order valence-electron chi connectivity index (χ3n) is 4.02. The number of pyridine rings is 1. The molecular formula is C21H14FN3O. The number of aromatic nitrogens is 3. The smallest absolute Gasteiger partial charge is 0.159 e. The Balaban J connectivity index is 1.89. The van der Waals surface area contributed by atoms with Crippen LogP contribution in [-0.4, -0.2) is 20.1 Å². The van der Waals surface area contributed by atoms with Crippen molar-refractivity contribution in [2.75, 3.05) is 0 Å². The second-order valence-electron chi connectivity index (χ2n) is 5.75. The van der Waals surface area contributed by atoms with E-state index < -0.39 is 0 Å². The Morgan fingerprint density at radius 1 is 0.731 bits per heavy atom. The summed E-state index contributed by atoms with van der Waals surface area (Å²) in [5.41, 5.74) is 4.05. The van der Waals surface area contributed by atoms with Gasteiger partial charge >= 0.3 is 0 Å². The zero-order chi connectivity index (χ0) is 17.9. The van der Waals surface area contributed by atoms with Crippen LogP contribution in [0.5, 0.6) is 5.75 Å². The lowest BCUT2D eigenvalue weighted by atomic mass is 10.0. The molecule has 2 heterocycles. The van der Waals surface area contributed by atoms with Crippen LogP contribution in [0.4, 0.5) is 4.39 Å². The minimum atomic E-state index is -0.291. The molecule has 126 valence electrons. The van der Waals surface area contributed by atoms with E-state index in [1.165, 1.54) is 12.1 Å². The quantitative estimate of drug-likeness (QED) is 0.585. The molecule has 5 heteroatoms. The van der Waals surface area contributed by atoms with E-state index >= 15 is 0 Å². The van der Waals surface area contributed by atoms with E-state index in [4.69, 9.17) is 4.98 Å². The topological polar surface area (TPSA) is 58.9 Å². The van der Waals surface area contributed by atoms with Crippen molar-refractivity contribution in [2.24, 2.45) is 0 Å². The molecular weight excluding hydrogens is 329 g/mol. The van der Waals surface area contributed by atoms with Crippen LogP contribution < -0.4 is 0 Å². The largest absolute Gasteiger partial charge is 0.508 e. The van der Waals surface area contributed by atoms with Crippen molar-refractivity contribution < 1.29 is 9.50 Å². The summed E-state index contributed by atoms with van der Waals surface area (Å²) >= 11 is 0. The fraction of sp³-hybridized carbons (Fsp3) is 0. The molecule has 0 aliphatic rings. The third kappa shape index (κ3) is 3.15. The van der Waals surface area contributed by atoms with Gasteiger partial charge in [0.15, 0.2) is 5.82 Å². The number of phenols is 1. The molecule has 1 N–H and O–H groups in total. The van der Waals surface area contributed by atoms with E-state index in [0.717, 1.165) is 27.9 Å². The Morgan fingerprint density at radius 2 is 1.38 bits per heavy atom. The van der Waals surface area contributed by atoms with Gasteiger partial charge in [-0.3, -0.25) is 4.98 Å². The minimum absolute atomic E-state index is 0.186. The van der Waals surface area contributed by atoms with E-state index in [9.17, 15) is 9.50 Å². The van der Waals surface area contributed by atoms with Crippen LogP contribution in [0.1, 0.15) is 0 Å². The summed E-state index contributed by atoms with van der Waals surface area (Å²) < 4.78 is 13.3. The molecule has 26 heavy (non-hydrogen) atoms. The highest BCUT2D eigenvalue weighted by Crippen LogP contribution is 2.31. The number of halogens is 1. The van der Waals surface area contributed by atoms with Gasteiger partial charge in [-0.25, -0.2) is 14.4 Å². The number of rotatable bonds is 3. The van der Waals surface area contributed by atoms with E-state index in [1.807, 2.05) is 12.1 Å². The van der Waals surface area contributed by atoms with Crippen LogP contribution in [0, 0.1) is 5.82 Å². The molecule has 0 spiro atoms. The van der Waals surface area contributed by atoms with Crippen molar-refractivity contribution in [1.29, 1.82) is 0 Å². The van der Waals surface area contributed by atoms with Crippen molar-refractivity contribution in [3.05, 3.63) is 85.1 Å². The Kier molecular flexibility index (Phi) is 4.11. The second-order valence-corrected chi connectivity index (χ2v) is 5.75. The average molecular weight is 343 g/mol. The Bertz CT molecular complexity index is 1030. The summed E-state index contributed by atoms with van der Waals surface area (Å²) in [5, 5.41) is 9.47. The lowest BCUT2D eigenvalue weighted by molar-refractivity contribution is 0.475. The molecule has 0 radical (unpaired) electrons. The molecule has 0 atom stereocenters. The maximum Gasteiger partial charge on any atom is 0.159 e. The molecule has 2 aromatic carbocycles. The van der Waals surface area contributed by atoms with E-state index in [0.29, 0.717) is 5.82 Å². The highest BCUT2D eigenvalue weighted by molar-refractivity contribution is 5.81. The van der Waals surface area contributed by atoms with Crippen LogP contribution in [0.3, 0.4) is 0 Å². The van der Waals surface area contributed by atoms with Crippen LogP contribution in [0.2, 0.25) is 0 Å². The molecule has 2 aromatic heterocycles. The fourth-order valence-electron chi connectivity index (χ4n) is 2.70. The van der Waals surface area contributed by atoms with Crippen LogP contribution in [0.15, 0.2) is 79.3 Å². The van der Waals surface area contributed by atoms with Crippen molar-refractivity contribution in [1.82, 2.24) is 15.0 Å². The number of aromatic hydroxyl groups is 1. The normalized spacial score (nSPS) is 10.7. The molecule has 0 unspecified atom stereocenters. The van der Waals surface area contributed by atoms with E-state index in [2.05, 4.69) is 9.97 Å². The first-order valence-corrected chi connectivity index (χ1v) is 8.03. The Labute approximate surface area is 149 Å². The number of hydrogen-bond donors (Lipinski definition) is 1. The van der Waals surface area contributed by atoms with Gasteiger partial charge in [-0.15, -0.1) is 0 Å². The summed E-state index contributed by atoms with van der Waals surface area (Å²) in [5.74, 6) is 0.439. The first kappa shape index (κ1) is 15.9. The number of hydrogen-bond acceptors (Lipinski definition) is 4. The lowest BCUT2D eigenvalue weighted by Gasteiger charge is -2.11. The van der Waals surface area contributed by atoms with Crippen molar-refractivity contribution in [3.63, 3.8) is 0 Å². The van der Waals surface area contributed by atoms with Gasteiger partial charge in [0, 0.05) is 35.3 Å². The highest BCUT2D eigenvalue weighted by Gasteiger charge is 2.13. The third-order valence-corrected chi connectivity index (χ3v) is 4.02. The minimum Gasteiger partial charge on any atom is -0.508 e. The molecule has 0 amide bonds. The lowest BCUT2D eigenvalue weighted by Crippen LogP contribution is -1.96. The molecule has 0 saturated heterocycles. The van der Waals surface area contributed by atoms with Crippen LogP contribution in [0.25, 0.3) is 33.8 Å². The van der Waals surface area contributed by atoms with Crippen molar-refractivity contribution >= 4 is 0 Å². The molecule has 0 fully saturated rings. The number of nitrogens with zero attached hydrogens (tertiary/aromatic N) is 3. The number of benzene rings is 2. The highest BCUT2D eigenvalue weighted by atomic mass is 19.1. The Morgan fingerprint density at radius 3 is 2.08 bits per heavy atom. The fourth-order valence-corrected chi connectivity index (χ4v) is 2.70. The predicted molar refractivity (Wildman–Crippen MR) is 97.8 cm³/mol. The molecule has 0 saturated carbocycles. The monoisotopic (exact) mass is 343 g/mol. The maximum absolute atomic E-state index is 13.3. The van der Waals surface area contributed by atoms with Gasteiger partial charge in [-0.05, 0) is 54.1 Å². The van der Waals surface area contributed by atoms with Gasteiger partial charge in [0.2, 0.25) is 0 Å².